The topological polar surface area (TPSA) is 82.8 Å². The quantitative estimate of drug-likeness (QED) is 0.839. The summed E-state index contributed by atoms with van der Waals surface area (Å²) in [5.41, 5.74) is 6.55. The molecule has 1 aromatic carbocycles. The second-order valence-corrected chi connectivity index (χ2v) is 6.20. The lowest BCUT2D eigenvalue weighted by Gasteiger charge is -2.33. The van der Waals surface area contributed by atoms with Gasteiger partial charge in [0.25, 0.3) is 0 Å². The van der Waals surface area contributed by atoms with Gasteiger partial charge in [0, 0.05) is 7.11 Å². The molecule has 1 saturated carbocycles. The first-order valence-electron chi connectivity index (χ1n) is 8.11. The Morgan fingerprint density at radius 2 is 1.96 bits per heavy atom. The Hall–Kier alpha value is -1.50. The molecule has 1 aliphatic heterocycles. The number of rotatable bonds is 5. The van der Waals surface area contributed by atoms with Crippen LogP contribution in [-0.4, -0.2) is 38.9 Å². The standard InChI is InChI=1S/C17H24N2O4.ClH/c1-21-11-13(18)16(20)19-17(6-2-3-7-17)12-4-5-14-15(10-12)23-9-8-22-14;/h4-5,10,13H,2-3,6-9,11,18H2,1H3,(H,19,20);1H. The Kier molecular flexibility index (Phi) is 6.32. The average molecular weight is 357 g/mol. The molecular weight excluding hydrogens is 332 g/mol. The zero-order chi connectivity index (χ0) is 16.3. The summed E-state index contributed by atoms with van der Waals surface area (Å²) < 4.78 is 16.2. The monoisotopic (exact) mass is 356 g/mol. The summed E-state index contributed by atoms with van der Waals surface area (Å²) in [6.07, 6.45) is 3.96. The van der Waals surface area contributed by atoms with Crippen molar-refractivity contribution in [1.82, 2.24) is 5.32 Å². The molecule has 1 heterocycles. The number of carbonyl (C=O) groups is 1. The highest BCUT2D eigenvalue weighted by Crippen LogP contribution is 2.42. The molecule has 0 spiro atoms. The Morgan fingerprint density at radius 3 is 2.62 bits per heavy atom. The molecule has 3 rings (SSSR count). The molecule has 1 unspecified atom stereocenters. The van der Waals surface area contributed by atoms with Gasteiger partial charge in [0.2, 0.25) is 5.91 Å². The Bertz CT molecular complexity index is 576. The average Bonchev–Trinajstić information content (AvgIpc) is 3.04. The number of fused-ring (bicyclic) bond motifs is 1. The van der Waals surface area contributed by atoms with Crippen molar-refractivity contribution in [3.8, 4) is 11.5 Å². The third kappa shape index (κ3) is 3.77. The van der Waals surface area contributed by atoms with Crippen LogP contribution in [-0.2, 0) is 15.1 Å². The smallest absolute Gasteiger partial charge is 0.239 e. The molecule has 2 aliphatic rings. The van der Waals surface area contributed by atoms with Crippen LogP contribution in [0.2, 0.25) is 0 Å². The highest BCUT2D eigenvalue weighted by Gasteiger charge is 2.38. The third-order valence-electron chi connectivity index (χ3n) is 4.60. The molecule has 6 nitrogen and oxygen atoms in total. The second kappa shape index (κ2) is 8.05. The minimum Gasteiger partial charge on any atom is -0.486 e. The molecule has 24 heavy (non-hydrogen) atoms. The fourth-order valence-corrected chi connectivity index (χ4v) is 3.39. The Labute approximate surface area is 148 Å². The van der Waals surface area contributed by atoms with Crippen molar-refractivity contribution in [1.29, 1.82) is 0 Å². The third-order valence-corrected chi connectivity index (χ3v) is 4.60. The van der Waals surface area contributed by atoms with Crippen LogP contribution in [0.5, 0.6) is 11.5 Å². The predicted molar refractivity (Wildman–Crippen MR) is 92.8 cm³/mol. The molecular formula is C17H25ClN2O4. The number of halogens is 1. The summed E-state index contributed by atoms with van der Waals surface area (Å²) in [4.78, 5) is 12.4. The number of nitrogens with one attached hydrogen (secondary N) is 1. The van der Waals surface area contributed by atoms with Gasteiger partial charge in [-0.2, -0.15) is 0 Å². The van der Waals surface area contributed by atoms with E-state index in [-0.39, 0.29) is 30.5 Å². The first-order chi connectivity index (χ1) is 11.1. The zero-order valence-electron chi connectivity index (χ0n) is 13.9. The number of benzene rings is 1. The SMILES string of the molecule is COCC(N)C(=O)NC1(c2ccc3c(c2)OCCO3)CCCC1.Cl. The lowest BCUT2D eigenvalue weighted by Crippen LogP contribution is -2.52. The summed E-state index contributed by atoms with van der Waals surface area (Å²) in [5, 5.41) is 3.16. The maximum atomic E-state index is 12.4. The normalized spacial score (nSPS) is 19.2. The van der Waals surface area contributed by atoms with Crippen LogP contribution in [0.15, 0.2) is 18.2 Å². The van der Waals surface area contributed by atoms with Crippen LogP contribution >= 0.6 is 12.4 Å². The van der Waals surface area contributed by atoms with E-state index in [1.807, 2.05) is 18.2 Å². The van der Waals surface area contributed by atoms with E-state index in [9.17, 15) is 4.79 Å². The van der Waals surface area contributed by atoms with Gasteiger partial charge in [0.05, 0.1) is 12.1 Å². The van der Waals surface area contributed by atoms with Gasteiger partial charge in [0.1, 0.15) is 19.3 Å². The van der Waals surface area contributed by atoms with Crippen LogP contribution in [0.25, 0.3) is 0 Å². The first-order valence-corrected chi connectivity index (χ1v) is 8.11. The van der Waals surface area contributed by atoms with Crippen molar-refractivity contribution in [2.24, 2.45) is 5.73 Å². The van der Waals surface area contributed by atoms with Gasteiger partial charge in [-0.25, -0.2) is 0 Å². The van der Waals surface area contributed by atoms with Gasteiger partial charge in [-0.3, -0.25) is 4.79 Å². The lowest BCUT2D eigenvalue weighted by atomic mass is 9.87. The van der Waals surface area contributed by atoms with Crippen molar-refractivity contribution < 1.29 is 19.0 Å². The molecule has 0 radical (unpaired) electrons. The van der Waals surface area contributed by atoms with E-state index in [1.54, 1.807) is 7.11 Å². The number of amides is 1. The number of nitrogens with two attached hydrogens (primary N) is 1. The van der Waals surface area contributed by atoms with E-state index in [2.05, 4.69) is 5.32 Å². The van der Waals surface area contributed by atoms with E-state index in [4.69, 9.17) is 19.9 Å². The van der Waals surface area contributed by atoms with E-state index < -0.39 is 6.04 Å². The molecule has 0 bridgehead atoms. The molecule has 0 aromatic heterocycles. The fourth-order valence-electron chi connectivity index (χ4n) is 3.39. The molecule has 3 N–H and O–H groups in total. The number of carbonyl (C=O) groups excluding carboxylic acids is 1. The minimum absolute atomic E-state index is 0. The molecule has 1 amide bonds. The van der Waals surface area contributed by atoms with E-state index in [0.717, 1.165) is 42.7 Å². The predicted octanol–water partition coefficient (Wildman–Crippen LogP) is 1.74. The zero-order valence-corrected chi connectivity index (χ0v) is 14.7. The maximum Gasteiger partial charge on any atom is 0.239 e. The van der Waals surface area contributed by atoms with Crippen LogP contribution in [0.3, 0.4) is 0 Å². The largest absolute Gasteiger partial charge is 0.486 e. The number of ether oxygens (including phenoxy) is 3. The number of hydrogen-bond donors (Lipinski definition) is 2. The molecule has 1 aliphatic carbocycles. The molecule has 134 valence electrons. The highest BCUT2D eigenvalue weighted by atomic mass is 35.5. The first kappa shape index (κ1) is 18.8. The highest BCUT2D eigenvalue weighted by molar-refractivity contribution is 5.85. The van der Waals surface area contributed by atoms with Crippen LogP contribution in [0.1, 0.15) is 31.2 Å². The van der Waals surface area contributed by atoms with E-state index in [0.29, 0.717) is 13.2 Å². The van der Waals surface area contributed by atoms with Crippen LogP contribution in [0, 0.1) is 0 Å². The summed E-state index contributed by atoms with van der Waals surface area (Å²) in [6, 6.07) is 5.27. The van der Waals surface area contributed by atoms with Crippen molar-refractivity contribution in [2.45, 2.75) is 37.3 Å². The van der Waals surface area contributed by atoms with Gasteiger partial charge in [-0.1, -0.05) is 18.9 Å². The van der Waals surface area contributed by atoms with E-state index >= 15 is 0 Å². The molecule has 7 heteroatoms. The summed E-state index contributed by atoms with van der Waals surface area (Å²) >= 11 is 0. The number of hydrogen-bond acceptors (Lipinski definition) is 5. The van der Waals surface area contributed by atoms with Gasteiger partial charge < -0.3 is 25.3 Å². The number of methoxy groups -OCH3 is 1. The summed E-state index contributed by atoms with van der Waals surface area (Å²) in [5.74, 6) is 1.33. The fraction of sp³-hybridized carbons (Fsp3) is 0.588. The second-order valence-electron chi connectivity index (χ2n) is 6.20. The van der Waals surface area contributed by atoms with Crippen molar-refractivity contribution >= 4 is 18.3 Å². The van der Waals surface area contributed by atoms with Crippen molar-refractivity contribution in [3.63, 3.8) is 0 Å². The van der Waals surface area contributed by atoms with Crippen molar-refractivity contribution in [2.75, 3.05) is 26.9 Å². The van der Waals surface area contributed by atoms with Crippen LogP contribution in [0.4, 0.5) is 0 Å². The Balaban J connectivity index is 0.00000208. The molecule has 0 saturated heterocycles. The minimum atomic E-state index is -0.658. The van der Waals surface area contributed by atoms with Gasteiger partial charge in [0.15, 0.2) is 11.5 Å². The van der Waals surface area contributed by atoms with Gasteiger partial charge in [-0.05, 0) is 30.5 Å². The van der Waals surface area contributed by atoms with Crippen molar-refractivity contribution in [3.05, 3.63) is 23.8 Å². The lowest BCUT2D eigenvalue weighted by molar-refractivity contribution is -0.125. The maximum absolute atomic E-state index is 12.4. The molecule has 1 aromatic rings. The molecule has 1 atom stereocenters. The Morgan fingerprint density at radius 1 is 1.29 bits per heavy atom. The summed E-state index contributed by atoms with van der Waals surface area (Å²) in [7, 11) is 1.54. The van der Waals surface area contributed by atoms with Gasteiger partial charge in [-0.15, -0.1) is 12.4 Å². The van der Waals surface area contributed by atoms with Crippen LogP contribution < -0.4 is 20.5 Å². The van der Waals surface area contributed by atoms with E-state index in [1.165, 1.54) is 0 Å². The summed E-state index contributed by atoms with van der Waals surface area (Å²) in [6.45, 7) is 1.33. The molecule has 1 fully saturated rings. The van der Waals surface area contributed by atoms with Gasteiger partial charge >= 0.3 is 0 Å².